The van der Waals surface area contributed by atoms with Crippen molar-refractivity contribution < 1.29 is 9.53 Å². The summed E-state index contributed by atoms with van der Waals surface area (Å²) < 4.78 is 6.91. The predicted octanol–water partition coefficient (Wildman–Crippen LogP) is 3.61. The van der Waals surface area contributed by atoms with Crippen LogP contribution in [0.1, 0.15) is 34.9 Å². The molecule has 2 aromatic rings. The van der Waals surface area contributed by atoms with Gasteiger partial charge in [0.1, 0.15) is 5.75 Å². The van der Waals surface area contributed by atoms with E-state index in [2.05, 4.69) is 5.10 Å². The molecule has 4 nitrogen and oxygen atoms in total. The van der Waals surface area contributed by atoms with Gasteiger partial charge >= 0.3 is 0 Å². The summed E-state index contributed by atoms with van der Waals surface area (Å²) in [7, 11) is 1.59. The average Bonchev–Trinajstić information content (AvgIpc) is 3.05. The van der Waals surface area contributed by atoms with Crippen LogP contribution in [0.4, 0.5) is 0 Å². The molecule has 0 N–H and O–H groups in total. The molecule has 2 aromatic heterocycles. The van der Waals surface area contributed by atoms with E-state index in [1.54, 1.807) is 13.2 Å². The number of aryl methyl sites for hydroxylation is 2. The second-order valence-corrected chi connectivity index (χ2v) is 5.62. The lowest BCUT2D eigenvalue weighted by molar-refractivity contribution is 0.0994. The third-order valence-corrected chi connectivity index (χ3v) is 4.49. The van der Waals surface area contributed by atoms with Gasteiger partial charge in [0.15, 0.2) is 5.78 Å². The van der Waals surface area contributed by atoms with Gasteiger partial charge in [-0.1, -0.05) is 18.5 Å². The molecule has 0 atom stereocenters. The first-order valence-electron chi connectivity index (χ1n) is 6.50. The summed E-state index contributed by atoms with van der Waals surface area (Å²) in [5.41, 5.74) is 1.64. The van der Waals surface area contributed by atoms with Gasteiger partial charge < -0.3 is 4.74 Å². The van der Waals surface area contributed by atoms with E-state index in [0.29, 0.717) is 22.2 Å². The first-order valence-corrected chi connectivity index (χ1v) is 7.76. The highest BCUT2D eigenvalue weighted by Crippen LogP contribution is 2.26. The lowest BCUT2D eigenvalue weighted by Crippen LogP contribution is -2.09. The molecule has 0 amide bonds. The Kier molecular flexibility index (Phi) is 4.83. The largest absolute Gasteiger partial charge is 0.496 e. The minimum absolute atomic E-state index is 0.0393. The van der Waals surface area contributed by atoms with Crippen molar-refractivity contribution in [3.63, 3.8) is 0 Å². The SMILES string of the molecule is CCc1nn(CC)c(CC(=O)c2cc(OC)cs2)c1Cl. The summed E-state index contributed by atoms with van der Waals surface area (Å²) in [4.78, 5) is 13.0. The topological polar surface area (TPSA) is 44.1 Å². The maximum Gasteiger partial charge on any atom is 0.178 e. The van der Waals surface area contributed by atoms with Crippen molar-refractivity contribution in [3.8, 4) is 5.75 Å². The van der Waals surface area contributed by atoms with Crippen molar-refractivity contribution >= 4 is 28.7 Å². The highest BCUT2D eigenvalue weighted by molar-refractivity contribution is 7.12. The summed E-state index contributed by atoms with van der Waals surface area (Å²) in [6.07, 6.45) is 1.03. The normalized spacial score (nSPS) is 10.8. The molecule has 2 rings (SSSR count). The molecule has 0 saturated carbocycles. The van der Waals surface area contributed by atoms with Crippen molar-refractivity contribution in [3.05, 3.63) is 32.7 Å². The van der Waals surface area contributed by atoms with Gasteiger partial charge in [0.2, 0.25) is 0 Å². The van der Waals surface area contributed by atoms with Gasteiger partial charge in [-0.2, -0.15) is 5.10 Å². The molecule has 108 valence electrons. The van der Waals surface area contributed by atoms with Gasteiger partial charge in [-0.25, -0.2) is 0 Å². The number of carbonyl (C=O) groups is 1. The van der Waals surface area contributed by atoms with E-state index in [1.807, 2.05) is 23.9 Å². The van der Waals surface area contributed by atoms with Crippen LogP contribution in [-0.4, -0.2) is 22.7 Å². The van der Waals surface area contributed by atoms with Crippen LogP contribution in [-0.2, 0) is 19.4 Å². The summed E-state index contributed by atoms with van der Waals surface area (Å²) in [6, 6.07) is 1.76. The van der Waals surface area contributed by atoms with E-state index < -0.39 is 0 Å². The van der Waals surface area contributed by atoms with E-state index in [-0.39, 0.29) is 12.2 Å². The van der Waals surface area contributed by atoms with Gasteiger partial charge in [0.05, 0.1) is 34.8 Å². The standard InChI is InChI=1S/C14H17ClN2O2S/c1-4-10-14(15)11(17(5-2)16-10)7-12(18)13-6-9(19-3)8-20-13/h6,8H,4-5,7H2,1-3H3. The Bertz CT molecular complexity index is 619. The number of thiophene rings is 1. The molecule has 2 heterocycles. The monoisotopic (exact) mass is 312 g/mol. The molecule has 0 aliphatic carbocycles. The number of nitrogens with zero attached hydrogens (tertiary/aromatic N) is 2. The molecule has 6 heteroatoms. The number of halogens is 1. The van der Waals surface area contributed by atoms with Crippen molar-refractivity contribution in [2.45, 2.75) is 33.2 Å². The molecule has 0 radical (unpaired) electrons. The number of methoxy groups -OCH3 is 1. The van der Waals surface area contributed by atoms with E-state index >= 15 is 0 Å². The molecule has 20 heavy (non-hydrogen) atoms. The predicted molar refractivity (Wildman–Crippen MR) is 81.2 cm³/mol. The van der Waals surface area contributed by atoms with E-state index in [4.69, 9.17) is 16.3 Å². The molecule has 0 bridgehead atoms. The van der Waals surface area contributed by atoms with E-state index in [0.717, 1.165) is 17.8 Å². The summed E-state index contributed by atoms with van der Waals surface area (Å²) >= 11 is 7.70. The van der Waals surface area contributed by atoms with Crippen LogP contribution in [0.5, 0.6) is 5.75 Å². The lowest BCUT2D eigenvalue weighted by Gasteiger charge is -2.03. The number of hydrogen-bond donors (Lipinski definition) is 0. The van der Waals surface area contributed by atoms with Crippen molar-refractivity contribution in [2.24, 2.45) is 0 Å². The Balaban J connectivity index is 2.25. The fraction of sp³-hybridized carbons (Fsp3) is 0.429. The fourth-order valence-electron chi connectivity index (χ4n) is 2.00. The highest BCUT2D eigenvalue weighted by atomic mass is 35.5. The van der Waals surface area contributed by atoms with Crippen LogP contribution in [0, 0.1) is 0 Å². The van der Waals surface area contributed by atoms with Crippen LogP contribution in [0.25, 0.3) is 0 Å². The van der Waals surface area contributed by atoms with Crippen LogP contribution in [0.2, 0.25) is 5.02 Å². The maximum atomic E-state index is 12.3. The number of Topliss-reactive ketones (excluding diaryl/α,β-unsaturated/α-hetero) is 1. The molecular formula is C14H17ClN2O2S. The highest BCUT2D eigenvalue weighted by Gasteiger charge is 2.19. The van der Waals surface area contributed by atoms with Gasteiger partial charge in [0, 0.05) is 18.0 Å². The average molecular weight is 313 g/mol. The van der Waals surface area contributed by atoms with E-state index in [9.17, 15) is 4.79 Å². The number of ether oxygens (including phenoxy) is 1. The van der Waals surface area contributed by atoms with E-state index in [1.165, 1.54) is 11.3 Å². The third kappa shape index (κ3) is 2.88. The zero-order chi connectivity index (χ0) is 14.7. The quantitative estimate of drug-likeness (QED) is 0.765. The summed E-state index contributed by atoms with van der Waals surface area (Å²) in [5, 5.41) is 6.87. The van der Waals surface area contributed by atoms with Gasteiger partial charge in [-0.15, -0.1) is 11.3 Å². The molecule has 0 saturated heterocycles. The van der Waals surface area contributed by atoms with Crippen molar-refractivity contribution in [1.82, 2.24) is 9.78 Å². The molecule has 0 aromatic carbocycles. The molecule has 0 aliphatic heterocycles. The number of ketones is 1. The lowest BCUT2D eigenvalue weighted by atomic mass is 10.1. The first kappa shape index (κ1) is 15.1. The number of rotatable bonds is 6. The Hall–Kier alpha value is -1.33. The zero-order valence-electron chi connectivity index (χ0n) is 11.8. The van der Waals surface area contributed by atoms with Crippen LogP contribution in [0.15, 0.2) is 11.4 Å². The molecule has 0 spiro atoms. The Morgan fingerprint density at radius 2 is 2.25 bits per heavy atom. The molecule has 0 aliphatic rings. The van der Waals surface area contributed by atoms with Crippen LogP contribution < -0.4 is 4.74 Å². The first-order chi connectivity index (χ1) is 9.60. The van der Waals surface area contributed by atoms with Gasteiger partial charge in [-0.3, -0.25) is 9.48 Å². The van der Waals surface area contributed by atoms with Gasteiger partial charge in [-0.05, 0) is 13.3 Å². The third-order valence-electron chi connectivity index (χ3n) is 3.11. The summed E-state index contributed by atoms with van der Waals surface area (Å²) in [5.74, 6) is 0.750. The molecule has 0 unspecified atom stereocenters. The zero-order valence-corrected chi connectivity index (χ0v) is 13.3. The number of aromatic nitrogens is 2. The Morgan fingerprint density at radius 3 is 2.80 bits per heavy atom. The van der Waals surface area contributed by atoms with Crippen molar-refractivity contribution in [1.29, 1.82) is 0 Å². The number of hydrogen-bond acceptors (Lipinski definition) is 4. The minimum atomic E-state index is 0.0393. The maximum absolute atomic E-state index is 12.3. The fourth-order valence-corrected chi connectivity index (χ4v) is 3.13. The Labute approximate surface area is 127 Å². The van der Waals surface area contributed by atoms with Crippen molar-refractivity contribution in [2.75, 3.05) is 7.11 Å². The smallest absolute Gasteiger partial charge is 0.178 e. The second-order valence-electron chi connectivity index (χ2n) is 4.33. The Morgan fingerprint density at radius 1 is 1.50 bits per heavy atom. The molecular weight excluding hydrogens is 296 g/mol. The molecule has 0 fully saturated rings. The van der Waals surface area contributed by atoms with Crippen LogP contribution in [0.3, 0.4) is 0 Å². The minimum Gasteiger partial charge on any atom is -0.496 e. The summed E-state index contributed by atoms with van der Waals surface area (Å²) in [6.45, 7) is 4.70. The van der Waals surface area contributed by atoms with Crippen LogP contribution >= 0.6 is 22.9 Å². The number of carbonyl (C=O) groups excluding carboxylic acids is 1. The second kappa shape index (κ2) is 6.41. The van der Waals surface area contributed by atoms with Gasteiger partial charge in [0.25, 0.3) is 0 Å².